The maximum Gasteiger partial charge on any atom is 0.331 e. The molecule has 0 saturated carbocycles. The van der Waals surface area contributed by atoms with Crippen molar-refractivity contribution >= 4 is 18.9 Å². The van der Waals surface area contributed by atoms with Crippen LogP contribution in [0.1, 0.15) is 0 Å². The third-order valence-electron chi connectivity index (χ3n) is 2.82. The van der Waals surface area contributed by atoms with E-state index < -0.39 is 0 Å². The molecule has 0 unspecified atom stereocenters. The summed E-state index contributed by atoms with van der Waals surface area (Å²) in [6.45, 7) is 1.83. The molecule has 0 N–H and O–H groups in total. The molecule has 2 aromatic carbocycles. The van der Waals surface area contributed by atoms with Crippen molar-refractivity contribution in [1.29, 1.82) is 0 Å². The minimum Gasteiger partial charge on any atom is -0.497 e. The number of nitrogens with zero attached hydrogens (tertiary/aromatic N) is 1. The Morgan fingerprint density at radius 3 is 1.45 bits per heavy atom. The third kappa shape index (κ3) is 3.25. The van der Waals surface area contributed by atoms with Crippen LogP contribution in [0.3, 0.4) is 0 Å². The van der Waals surface area contributed by atoms with E-state index in [-0.39, 0.29) is 0 Å². The second-order valence-corrected chi connectivity index (χ2v) is 4.03. The monoisotopic (exact) mass is 270 g/mol. The van der Waals surface area contributed by atoms with Gasteiger partial charge in [-0.3, -0.25) is 0 Å². The Hall–Kier alpha value is -2.14. The molecule has 0 aromatic heterocycles. The van der Waals surface area contributed by atoms with E-state index in [1.807, 2.05) is 55.4 Å². The van der Waals surface area contributed by atoms with Gasteiger partial charge in [-0.2, -0.15) is 0 Å². The van der Waals surface area contributed by atoms with Crippen molar-refractivity contribution in [2.45, 2.75) is 6.82 Å². The Morgan fingerprint density at radius 1 is 0.750 bits per heavy atom. The van der Waals surface area contributed by atoms with Crippen LogP contribution in [0.25, 0.3) is 0 Å². The van der Waals surface area contributed by atoms with E-state index in [1.54, 1.807) is 26.8 Å². The normalized spacial score (nSPS) is 9.95. The van der Waals surface area contributed by atoms with Gasteiger partial charge in [0, 0.05) is 0 Å². The van der Waals surface area contributed by atoms with Crippen LogP contribution in [0.15, 0.2) is 48.5 Å². The topological polar surface area (TPSA) is 30.9 Å². The Labute approximate surface area is 120 Å². The standard InChI is InChI=1S/C15H17BNO3/c1-16-20-17(12-4-8-14(18-2)9-5-12)13-6-10-15(19-3)11-7-13/h4-11H,1-3H3. The van der Waals surface area contributed by atoms with Gasteiger partial charge in [-0.25, -0.2) is 5.06 Å². The Bertz CT molecular complexity index is 480. The summed E-state index contributed by atoms with van der Waals surface area (Å²) in [5.41, 5.74) is 1.82. The quantitative estimate of drug-likeness (QED) is 0.594. The van der Waals surface area contributed by atoms with Gasteiger partial charge in [-0.15, -0.1) is 0 Å². The molecule has 2 rings (SSSR count). The van der Waals surface area contributed by atoms with Gasteiger partial charge in [0.25, 0.3) is 0 Å². The average Bonchev–Trinajstić information content (AvgIpc) is 2.53. The first-order valence-electron chi connectivity index (χ1n) is 6.31. The van der Waals surface area contributed by atoms with Crippen LogP contribution < -0.4 is 14.5 Å². The van der Waals surface area contributed by atoms with Gasteiger partial charge in [-0.1, -0.05) is 6.82 Å². The fourth-order valence-corrected chi connectivity index (χ4v) is 1.81. The molecule has 0 bridgehead atoms. The molecular weight excluding hydrogens is 253 g/mol. The summed E-state index contributed by atoms with van der Waals surface area (Å²) in [6, 6.07) is 15.3. The largest absolute Gasteiger partial charge is 0.497 e. The lowest BCUT2D eigenvalue weighted by Crippen LogP contribution is -2.18. The summed E-state index contributed by atoms with van der Waals surface area (Å²) >= 11 is 0. The lowest BCUT2D eigenvalue weighted by atomic mass is 10.1. The van der Waals surface area contributed by atoms with Crippen LogP contribution in [0.2, 0.25) is 6.82 Å². The Kier molecular flexibility index (Phi) is 4.90. The van der Waals surface area contributed by atoms with E-state index in [0.29, 0.717) is 0 Å². The molecular formula is C15H17BNO3. The molecule has 4 nitrogen and oxygen atoms in total. The number of hydrogen-bond donors (Lipinski definition) is 0. The van der Waals surface area contributed by atoms with Crippen LogP contribution in [0.4, 0.5) is 11.4 Å². The smallest absolute Gasteiger partial charge is 0.331 e. The predicted molar refractivity (Wildman–Crippen MR) is 80.8 cm³/mol. The Balaban J connectivity index is 2.28. The summed E-state index contributed by atoms with van der Waals surface area (Å²) < 4.78 is 15.9. The van der Waals surface area contributed by atoms with Crippen molar-refractivity contribution in [1.82, 2.24) is 0 Å². The molecule has 2 aromatic rings. The van der Waals surface area contributed by atoms with Gasteiger partial charge in [0.1, 0.15) is 11.5 Å². The van der Waals surface area contributed by atoms with Crippen LogP contribution in [-0.4, -0.2) is 21.7 Å². The molecule has 1 radical (unpaired) electrons. The van der Waals surface area contributed by atoms with Crippen LogP contribution >= 0.6 is 0 Å². The maximum atomic E-state index is 5.59. The van der Waals surface area contributed by atoms with E-state index in [1.165, 1.54) is 0 Å². The van der Waals surface area contributed by atoms with Gasteiger partial charge in [0.15, 0.2) is 0 Å². The number of anilines is 2. The van der Waals surface area contributed by atoms with Crippen LogP contribution in [0, 0.1) is 0 Å². The fourth-order valence-electron chi connectivity index (χ4n) is 1.81. The van der Waals surface area contributed by atoms with Crippen molar-refractivity contribution in [2.24, 2.45) is 0 Å². The zero-order valence-electron chi connectivity index (χ0n) is 11.9. The molecule has 20 heavy (non-hydrogen) atoms. The minimum absolute atomic E-state index is 0.809. The van der Waals surface area contributed by atoms with Gasteiger partial charge in [0.2, 0.25) is 0 Å². The van der Waals surface area contributed by atoms with Gasteiger partial charge in [0.05, 0.1) is 25.6 Å². The average molecular weight is 270 g/mol. The first kappa shape index (κ1) is 14.3. The van der Waals surface area contributed by atoms with Crippen molar-refractivity contribution in [3.8, 4) is 11.5 Å². The molecule has 0 heterocycles. The highest BCUT2D eigenvalue weighted by molar-refractivity contribution is 6.25. The zero-order chi connectivity index (χ0) is 14.4. The number of methoxy groups -OCH3 is 2. The third-order valence-corrected chi connectivity index (χ3v) is 2.82. The molecule has 0 aliphatic rings. The van der Waals surface area contributed by atoms with Crippen LogP contribution in [-0.2, 0) is 4.76 Å². The molecule has 0 spiro atoms. The van der Waals surface area contributed by atoms with E-state index in [2.05, 4.69) is 0 Å². The highest BCUT2D eigenvalue weighted by atomic mass is 16.6. The summed E-state index contributed by atoms with van der Waals surface area (Å²) in [7, 11) is 4.92. The number of ether oxygens (including phenoxy) is 2. The van der Waals surface area contributed by atoms with E-state index >= 15 is 0 Å². The van der Waals surface area contributed by atoms with Gasteiger partial charge < -0.3 is 14.2 Å². The minimum atomic E-state index is 0.809. The predicted octanol–water partition coefficient (Wildman–Crippen LogP) is 3.44. The lowest BCUT2D eigenvalue weighted by Gasteiger charge is -2.24. The van der Waals surface area contributed by atoms with Gasteiger partial charge >= 0.3 is 7.48 Å². The van der Waals surface area contributed by atoms with Crippen molar-refractivity contribution in [3.05, 3.63) is 48.5 Å². The molecule has 0 saturated heterocycles. The molecule has 0 aliphatic carbocycles. The van der Waals surface area contributed by atoms with Crippen molar-refractivity contribution in [2.75, 3.05) is 19.3 Å². The van der Waals surface area contributed by atoms with Crippen LogP contribution in [0.5, 0.6) is 11.5 Å². The summed E-state index contributed by atoms with van der Waals surface area (Å²) in [5.74, 6) is 1.62. The fraction of sp³-hybridized carbons (Fsp3) is 0.200. The van der Waals surface area contributed by atoms with Gasteiger partial charge in [-0.05, 0) is 48.5 Å². The first-order valence-corrected chi connectivity index (χ1v) is 6.31. The molecule has 5 heteroatoms. The SMILES string of the molecule is C[B]ON(c1ccc(OC)cc1)c1ccc(OC)cc1. The highest BCUT2D eigenvalue weighted by Crippen LogP contribution is 2.28. The number of benzene rings is 2. The molecule has 0 amide bonds. The molecule has 103 valence electrons. The van der Waals surface area contributed by atoms with Crippen molar-refractivity contribution < 1.29 is 14.2 Å². The highest BCUT2D eigenvalue weighted by Gasteiger charge is 2.10. The Morgan fingerprint density at radius 2 is 1.15 bits per heavy atom. The summed E-state index contributed by atoms with van der Waals surface area (Å²) in [5, 5.41) is 1.74. The van der Waals surface area contributed by atoms with E-state index in [9.17, 15) is 0 Å². The number of hydrogen-bond acceptors (Lipinski definition) is 4. The summed E-state index contributed by atoms with van der Waals surface area (Å²) in [4.78, 5) is 0. The zero-order valence-corrected chi connectivity index (χ0v) is 11.9. The van der Waals surface area contributed by atoms with E-state index in [4.69, 9.17) is 14.2 Å². The van der Waals surface area contributed by atoms with Crippen molar-refractivity contribution in [3.63, 3.8) is 0 Å². The maximum absolute atomic E-state index is 5.59. The molecule has 0 aliphatic heterocycles. The molecule has 0 fully saturated rings. The molecule has 0 atom stereocenters. The van der Waals surface area contributed by atoms with E-state index in [0.717, 1.165) is 22.9 Å². The second kappa shape index (κ2) is 6.87. The lowest BCUT2D eigenvalue weighted by molar-refractivity contribution is 0.345. The number of rotatable bonds is 6. The summed E-state index contributed by atoms with van der Waals surface area (Å²) in [6.07, 6.45) is 0. The second-order valence-electron chi connectivity index (χ2n) is 4.03. The first-order chi connectivity index (χ1) is 9.78.